The average Bonchev–Trinajstić information content (AvgIpc) is 2.68. The number of rotatable bonds is 7. The van der Waals surface area contributed by atoms with Crippen molar-refractivity contribution in [2.24, 2.45) is 4.99 Å². The summed E-state index contributed by atoms with van der Waals surface area (Å²) in [6.45, 7) is 1.06. The quantitative estimate of drug-likeness (QED) is 0.503. The van der Waals surface area contributed by atoms with E-state index in [1.165, 1.54) is 7.05 Å². The zero-order valence-electron chi connectivity index (χ0n) is 15.1. The summed E-state index contributed by atoms with van der Waals surface area (Å²) in [7, 11) is 1.26. The lowest BCUT2D eigenvalue weighted by atomic mass is 10.2. The molecule has 0 saturated heterocycles. The van der Waals surface area contributed by atoms with E-state index in [9.17, 15) is 8.42 Å². The van der Waals surface area contributed by atoms with Gasteiger partial charge in [0.1, 0.15) is 5.75 Å². The van der Waals surface area contributed by atoms with Crippen LogP contribution in [0.5, 0.6) is 5.75 Å². The van der Waals surface area contributed by atoms with Gasteiger partial charge in [0.05, 0.1) is 12.0 Å². The maximum atomic E-state index is 11.9. The minimum Gasteiger partial charge on any atom is -0.497 e. The molecule has 26 heavy (non-hydrogen) atoms. The first-order chi connectivity index (χ1) is 12.5. The molecule has 2 aromatic carbocycles. The Morgan fingerprint density at radius 2 is 1.69 bits per heavy atom. The first-order valence-electron chi connectivity index (χ1n) is 8.08. The van der Waals surface area contributed by atoms with E-state index < -0.39 is 10.0 Å². The Bertz CT molecular complexity index is 849. The lowest BCUT2D eigenvalue weighted by Crippen LogP contribution is -2.36. The Labute approximate surface area is 154 Å². The Morgan fingerprint density at radius 1 is 1.04 bits per heavy atom. The molecule has 3 N–H and O–H groups in total. The van der Waals surface area contributed by atoms with Crippen molar-refractivity contribution in [1.82, 2.24) is 15.4 Å². The highest BCUT2D eigenvalue weighted by Crippen LogP contribution is 2.12. The zero-order valence-corrected chi connectivity index (χ0v) is 15.9. The Morgan fingerprint density at radius 3 is 2.27 bits per heavy atom. The number of methoxy groups -OCH3 is 1. The summed E-state index contributed by atoms with van der Waals surface area (Å²) in [6, 6.07) is 14.5. The van der Waals surface area contributed by atoms with Gasteiger partial charge in [0, 0.05) is 20.1 Å². The normalized spacial score (nSPS) is 11.9. The van der Waals surface area contributed by atoms with Gasteiger partial charge in [0.2, 0.25) is 10.0 Å². The van der Waals surface area contributed by atoms with Gasteiger partial charge < -0.3 is 15.4 Å². The van der Waals surface area contributed by atoms with Crippen LogP contribution in [0, 0.1) is 0 Å². The molecule has 0 spiro atoms. The Hall–Kier alpha value is -2.58. The predicted molar refractivity (Wildman–Crippen MR) is 103 cm³/mol. The molecule has 0 aliphatic carbocycles. The summed E-state index contributed by atoms with van der Waals surface area (Å²) < 4.78 is 31.2. The van der Waals surface area contributed by atoms with Gasteiger partial charge in [-0.25, -0.2) is 13.1 Å². The van der Waals surface area contributed by atoms with Crippen molar-refractivity contribution in [2.45, 2.75) is 18.0 Å². The number of hydrogen-bond donors (Lipinski definition) is 3. The van der Waals surface area contributed by atoms with Gasteiger partial charge in [-0.3, -0.25) is 4.99 Å². The number of hydrogen-bond acceptors (Lipinski definition) is 4. The van der Waals surface area contributed by atoms with Crippen LogP contribution in [0.1, 0.15) is 11.1 Å². The second-order valence-corrected chi connectivity index (χ2v) is 7.37. The molecule has 2 aromatic rings. The molecule has 7 nitrogen and oxygen atoms in total. The molecular weight excluding hydrogens is 352 g/mol. The number of ether oxygens (including phenoxy) is 1. The molecule has 0 atom stereocenters. The van der Waals surface area contributed by atoms with E-state index in [2.05, 4.69) is 20.3 Å². The van der Waals surface area contributed by atoms with Gasteiger partial charge in [-0.05, 0) is 42.4 Å². The second-order valence-electron chi connectivity index (χ2n) is 5.48. The topological polar surface area (TPSA) is 91.8 Å². The van der Waals surface area contributed by atoms with Crippen LogP contribution in [-0.2, 0) is 23.1 Å². The monoisotopic (exact) mass is 376 g/mol. The van der Waals surface area contributed by atoms with Crippen LogP contribution in [0.25, 0.3) is 0 Å². The van der Waals surface area contributed by atoms with Crippen LogP contribution in [0.4, 0.5) is 0 Å². The van der Waals surface area contributed by atoms with Crippen molar-refractivity contribution in [3.05, 3.63) is 59.7 Å². The summed E-state index contributed by atoms with van der Waals surface area (Å²) in [5.74, 6) is 1.44. The molecule has 0 saturated carbocycles. The molecule has 0 heterocycles. The molecule has 0 aromatic heterocycles. The molecular formula is C18H24N4O3S. The molecule has 0 radical (unpaired) electrons. The van der Waals surface area contributed by atoms with Gasteiger partial charge in [0.15, 0.2) is 5.96 Å². The molecule has 0 amide bonds. The van der Waals surface area contributed by atoms with Crippen LogP contribution in [0.15, 0.2) is 58.4 Å². The van der Waals surface area contributed by atoms with Crippen molar-refractivity contribution in [1.29, 1.82) is 0 Å². The summed E-state index contributed by atoms with van der Waals surface area (Å²) >= 11 is 0. The fourth-order valence-corrected chi connectivity index (χ4v) is 3.08. The molecule has 0 bridgehead atoms. The van der Waals surface area contributed by atoms with E-state index in [1.807, 2.05) is 30.3 Å². The van der Waals surface area contributed by atoms with Gasteiger partial charge in [-0.2, -0.15) is 0 Å². The van der Waals surface area contributed by atoms with Crippen LogP contribution < -0.4 is 20.1 Å². The van der Waals surface area contributed by atoms with E-state index >= 15 is 0 Å². The third-order valence-electron chi connectivity index (χ3n) is 3.78. The highest BCUT2D eigenvalue weighted by atomic mass is 32.2. The number of sulfonamides is 1. The van der Waals surface area contributed by atoms with Gasteiger partial charge in [0.25, 0.3) is 0 Å². The smallest absolute Gasteiger partial charge is 0.240 e. The maximum absolute atomic E-state index is 11.9. The minimum absolute atomic E-state index is 0.237. The summed E-state index contributed by atoms with van der Waals surface area (Å²) in [6.07, 6.45) is 0. The number of guanidine groups is 1. The summed E-state index contributed by atoms with van der Waals surface area (Å²) in [4.78, 5) is 4.41. The highest BCUT2D eigenvalue weighted by molar-refractivity contribution is 7.89. The number of nitrogens with zero attached hydrogens (tertiary/aromatic N) is 1. The first kappa shape index (κ1) is 19.7. The lowest BCUT2D eigenvalue weighted by molar-refractivity contribution is 0.414. The SMILES string of the molecule is CN=C(NCc1ccc(OC)cc1)NCc1cccc(S(=O)(=O)NC)c1. The van der Waals surface area contributed by atoms with E-state index in [1.54, 1.807) is 32.4 Å². The summed E-state index contributed by atoms with van der Waals surface area (Å²) in [5.41, 5.74) is 1.93. The summed E-state index contributed by atoms with van der Waals surface area (Å²) in [5, 5.41) is 6.39. The molecule has 8 heteroatoms. The molecule has 140 valence electrons. The molecule has 0 fully saturated rings. The van der Waals surface area contributed by atoms with Gasteiger partial charge in [-0.15, -0.1) is 0 Å². The van der Waals surface area contributed by atoms with Crippen molar-refractivity contribution in [2.75, 3.05) is 21.2 Å². The zero-order chi connectivity index (χ0) is 19.0. The van der Waals surface area contributed by atoms with Crippen LogP contribution in [0.2, 0.25) is 0 Å². The van der Waals surface area contributed by atoms with E-state index in [0.717, 1.165) is 16.9 Å². The van der Waals surface area contributed by atoms with Crippen molar-refractivity contribution < 1.29 is 13.2 Å². The number of benzene rings is 2. The highest BCUT2D eigenvalue weighted by Gasteiger charge is 2.11. The average molecular weight is 376 g/mol. The van der Waals surface area contributed by atoms with Crippen LogP contribution >= 0.6 is 0 Å². The minimum atomic E-state index is -3.45. The van der Waals surface area contributed by atoms with Crippen molar-refractivity contribution in [3.8, 4) is 5.75 Å². The fraction of sp³-hybridized carbons (Fsp3) is 0.278. The fourth-order valence-electron chi connectivity index (χ4n) is 2.28. The van der Waals surface area contributed by atoms with Crippen molar-refractivity contribution in [3.63, 3.8) is 0 Å². The van der Waals surface area contributed by atoms with Crippen molar-refractivity contribution >= 4 is 16.0 Å². The predicted octanol–water partition coefficient (Wildman–Crippen LogP) is 1.47. The molecule has 0 unspecified atom stereocenters. The Balaban J connectivity index is 1.93. The molecule has 0 aliphatic heterocycles. The van der Waals surface area contributed by atoms with Gasteiger partial charge >= 0.3 is 0 Å². The Kier molecular flexibility index (Phi) is 6.99. The second kappa shape index (κ2) is 9.21. The standard InChI is InChI=1S/C18H24N4O3S/c1-19-18(21-12-14-7-9-16(25-3)10-8-14)22-13-15-5-4-6-17(11-15)26(23,24)20-2/h4-11,20H,12-13H2,1-3H3,(H2,19,21,22). The molecule has 0 aliphatic rings. The van der Waals surface area contributed by atoms with E-state index in [-0.39, 0.29) is 4.90 Å². The first-order valence-corrected chi connectivity index (χ1v) is 9.56. The van der Waals surface area contributed by atoms with Crippen LogP contribution in [-0.4, -0.2) is 35.6 Å². The van der Waals surface area contributed by atoms with E-state index in [0.29, 0.717) is 19.0 Å². The third kappa shape index (κ3) is 5.47. The third-order valence-corrected chi connectivity index (χ3v) is 5.19. The maximum Gasteiger partial charge on any atom is 0.240 e. The van der Waals surface area contributed by atoms with Gasteiger partial charge in [-0.1, -0.05) is 24.3 Å². The van der Waals surface area contributed by atoms with E-state index in [4.69, 9.17) is 4.74 Å². The van der Waals surface area contributed by atoms with Crippen LogP contribution in [0.3, 0.4) is 0 Å². The molecule has 2 rings (SSSR count). The largest absolute Gasteiger partial charge is 0.497 e. The number of aliphatic imine (C=N–C) groups is 1. The lowest BCUT2D eigenvalue weighted by Gasteiger charge is -2.13. The number of nitrogens with one attached hydrogen (secondary N) is 3.